The molecule has 0 nitrogen and oxygen atoms in total. The molecule has 46 heavy (non-hydrogen) atoms. The second-order valence-corrected chi connectivity index (χ2v) is 13.5. The Morgan fingerprint density at radius 1 is 0.326 bits per heavy atom. The molecule has 9 aromatic rings. The van der Waals surface area contributed by atoms with Gasteiger partial charge in [0.15, 0.2) is 0 Å². The Morgan fingerprint density at radius 2 is 0.761 bits per heavy atom. The van der Waals surface area contributed by atoms with E-state index in [0.717, 1.165) is 12.8 Å². The summed E-state index contributed by atoms with van der Waals surface area (Å²) in [6.45, 7) is 0. The van der Waals surface area contributed by atoms with Gasteiger partial charge in [0.2, 0.25) is 0 Å². The Labute approximate surface area is 267 Å². The third kappa shape index (κ3) is 3.14. The van der Waals surface area contributed by atoms with E-state index < -0.39 is 0 Å². The van der Waals surface area contributed by atoms with Gasteiger partial charge < -0.3 is 0 Å². The van der Waals surface area contributed by atoms with Crippen molar-refractivity contribution in [3.05, 3.63) is 168 Å². The van der Waals surface area contributed by atoms with Crippen LogP contribution in [0.2, 0.25) is 0 Å². The zero-order valence-electron chi connectivity index (χ0n) is 25.4. The average Bonchev–Trinajstić information content (AvgIpc) is 3.44. The van der Waals surface area contributed by atoms with E-state index in [4.69, 9.17) is 0 Å². The van der Waals surface area contributed by atoms with Crippen molar-refractivity contribution >= 4 is 53.9 Å². The summed E-state index contributed by atoms with van der Waals surface area (Å²) in [6.07, 6.45) is 2.11. The summed E-state index contributed by atoms with van der Waals surface area (Å²) < 4.78 is 0. The highest BCUT2D eigenvalue weighted by Crippen LogP contribution is 2.58. The van der Waals surface area contributed by atoms with Crippen molar-refractivity contribution in [2.24, 2.45) is 0 Å². The van der Waals surface area contributed by atoms with Gasteiger partial charge in [0, 0.05) is 0 Å². The van der Waals surface area contributed by atoms with Crippen molar-refractivity contribution in [1.82, 2.24) is 0 Å². The summed E-state index contributed by atoms with van der Waals surface area (Å²) in [5.41, 5.74) is 11.7. The van der Waals surface area contributed by atoms with Crippen LogP contribution < -0.4 is 0 Å². The second-order valence-electron chi connectivity index (χ2n) is 13.5. The molecule has 2 atom stereocenters. The van der Waals surface area contributed by atoms with Crippen LogP contribution in [0.4, 0.5) is 0 Å². The maximum atomic E-state index is 2.49. The molecule has 0 fully saturated rings. The predicted octanol–water partition coefficient (Wildman–Crippen LogP) is 12.2. The monoisotopic (exact) mass is 582 g/mol. The SMILES string of the molecule is c1ccc(-c2c3c(c(-c4ccccc4)c4ccccc24)CC2c4ccc5c6cccc7cccc(c8ccc(c4c85)C2C3)c76)cc1. The first-order chi connectivity index (χ1) is 22.8. The maximum Gasteiger partial charge on any atom is -0.00206 e. The molecule has 0 heteroatoms. The van der Waals surface area contributed by atoms with E-state index in [1.165, 1.54) is 87.2 Å². The summed E-state index contributed by atoms with van der Waals surface area (Å²) in [5.74, 6) is 0.930. The zero-order chi connectivity index (χ0) is 29.9. The van der Waals surface area contributed by atoms with Crippen molar-refractivity contribution in [2.45, 2.75) is 24.7 Å². The van der Waals surface area contributed by atoms with Gasteiger partial charge in [-0.3, -0.25) is 0 Å². The highest BCUT2D eigenvalue weighted by molar-refractivity contribution is 6.33. The molecule has 0 spiro atoms. The lowest BCUT2D eigenvalue weighted by Gasteiger charge is -2.34. The quantitative estimate of drug-likeness (QED) is 0.140. The predicted molar refractivity (Wildman–Crippen MR) is 195 cm³/mol. The fourth-order valence-electron chi connectivity index (χ4n) is 9.65. The van der Waals surface area contributed by atoms with Gasteiger partial charge in [0.25, 0.3) is 0 Å². The number of benzene rings is 9. The summed E-state index contributed by atoms with van der Waals surface area (Å²) in [5, 5.41) is 14.0. The number of hydrogen-bond donors (Lipinski definition) is 0. The first-order valence-corrected chi connectivity index (χ1v) is 16.6. The van der Waals surface area contributed by atoms with E-state index in [1.54, 1.807) is 11.1 Å². The molecular formula is C46H30. The van der Waals surface area contributed by atoms with E-state index >= 15 is 0 Å². The number of hydrogen-bond acceptors (Lipinski definition) is 0. The van der Waals surface area contributed by atoms with Crippen LogP contribution in [-0.2, 0) is 12.8 Å². The fraction of sp³-hybridized carbons (Fsp3) is 0.0870. The van der Waals surface area contributed by atoms with Crippen molar-refractivity contribution in [1.29, 1.82) is 0 Å². The summed E-state index contributed by atoms with van der Waals surface area (Å²) in [6, 6.07) is 54.9. The van der Waals surface area contributed by atoms with Gasteiger partial charge >= 0.3 is 0 Å². The van der Waals surface area contributed by atoms with Gasteiger partial charge in [0.05, 0.1) is 0 Å². The average molecular weight is 583 g/mol. The Hall–Kier alpha value is -5.46. The van der Waals surface area contributed by atoms with Gasteiger partial charge in [0.1, 0.15) is 0 Å². The summed E-state index contributed by atoms with van der Waals surface area (Å²) in [7, 11) is 0. The molecule has 0 N–H and O–H groups in total. The molecule has 2 aliphatic rings. The van der Waals surface area contributed by atoms with E-state index in [1.807, 2.05) is 0 Å². The Bertz CT molecular complexity index is 2500. The van der Waals surface area contributed by atoms with Crippen LogP contribution in [0.5, 0.6) is 0 Å². The maximum absolute atomic E-state index is 2.49. The number of rotatable bonds is 2. The minimum atomic E-state index is 0.465. The molecule has 11 rings (SSSR count). The molecule has 2 aliphatic carbocycles. The topological polar surface area (TPSA) is 0 Å². The Kier molecular flexibility index (Phi) is 4.88. The van der Waals surface area contributed by atoms with Crippen molar-refractivity contribution in [3.63, 3.8) is 0 Å². The lowest BCUT2D eigenvalue weighted by atomic mass is 9.69. The van der Waals surface area contributed by atoms with E-state index in [-0.39, 0.29) is 0 Å². The third-order valence-electron chi connectivity index (χ3n) is 11.4. The number of fused-ring (bicyclic) bond motifs is 7. The van der Waals surface area contributed by atoms with Crippen LogP contribution in [0.25, 0.3) is 76.1 Å². The highest BCUT2D eigenvalue weighted by Gasteiger charge is 2.41. The van der Waals surface area contributed by atoms with Crippen molar-refractivity contribution in [2.75, 3.05) is 0 Å². The van der Waals surface area contributed by atoms with Crippen molar-refractivity contribution < 1.29 is 0 Å². The third-order valence-corrected chi connectivity index (χ3v) is 11.4. The van der Waals surface area contributed by atoms with Crippen LogP contribution in [0.15, 0.2) is 146 Å². The molecule has 0 amide bonds. The molecule has 0 heterocycles. The van der Waals surface area contributed by atoms with Crippen LogP contribution >= 0.6 is 0 Å². The first kappa shape index (κ1) is 24.8. The van der Waals surface area contributed by atoms with Crippen LogP contribution in [-0.4, -0.2) is 0 Å². The van der Waals surface area contributed by atoms with Gasteiger partial charge in [-0.25, -0.2) is 0 Å². The largest absolute Gasteiger partial charge is 0.0622 e. The summed E-state index contributed by atoms with van der Waals surface area (Å²) in [4.78, 5) is 0. The molecular weight excluding hydrogens is 553 g/mol. The molecule has 0 radical (unpaired) electrons. The van der Waals surface area contributed by atoms with Gasteiger partial charge in [-0.15, -0.1) is 0 Å². The second kappa shape index (κ2) is 9.05. The van der Waals surface area contributed by atoms with E-state index in [9.17, 15) is 0 Å². The lowest BCUT2D eigenvalue weighted by molar-refractivity contribution is 0.525. The fourth-order valence-corrected chi connectivity index (χ4v) is 9.65. The lowest BCUT2D eigenvalue weighted by Crippen LogP contribution is -2.20. The van der Waals surface area contributed by atoms with Gasteiger partial charge in [-0.1, -0.05) is 146 Å². The van der Waals surface area contributed by atoms with Crippen LogP contribution in [0, 0.1) is 0 Å². The molecule has 2 unspecified atom stereocenters. The molecule has 9 aromatic carbocycles. The normalized spacial score (nSPS) is 17.0. The summed E-state index contributed by atoms with van der Waals surface area (Å²) >= 11 is 0. The van der Waals surface area contributed by atoms with Crippen LogP contribution in [0.1, 0.15) is 34.1 Å². The molecule has 0 aromatic heterocycles. The molecule has 0 aliphatic heterocycles. The minimum absolute atomic E-state index is 0.465. The zero-order valence-corrected chi connectivity index (χ0v) is 25.4. The van der Waals surface area contributed by atoms with E-state index in [0.29, 0.717) is 11.8 Å². The minimum Gasteiger partial charge on any atom is -0.0622 e. The molecule has 0 bridgehead atoms. The standard InChI is InChI=1S/C46H30/c1-3-11-27(12-4-1)43-30-17-7-8-18-31(30)44(28-13-5-2-6-14-28)41-26-39-37-24-22-35-33-20-10-16-29-15-9-19-32(42(29)33)34-21-23-36(46(37)45(34)35)38(39)25-40(41)43/h1-24,38-39H,25-26H2. The molecule has 214 valence electrons. The molecule has 0 saturated heterocycles. The van der Waals surface area contributed by atoms with Crippen LogP contribution in [0.3, 0.4) is 0 Å². The first-order valence-electron chi connectivity index (χ1n) is 16.6. The van der Waals surface area contributed by atoms with Gasteiger partial charge in [-0.2, -0.15) is 0 Å². The highest BCUT2D eigenvalue weighted by atomic mass is 14.4. The van der Waals surface area contributed by atoms with Crippen molar-refractivity contribution in [3.8, 4) is 22.3 Å². The smallest absolute Gasteiger partial charge is 0.00206 e. The Morgan fingerprint density at radius 3 is 1.26 bits per heavy atom. The van der Waals surface area contributed by atoms with Gasteiger partial charge in [-0.05, 0) is 123 Å². The van der Waals surface area contributed by atoms with E-state index in [2.05, 4.69) is 146 Å². The molecule has 0 saturated carbocycles. The Balaban J connectivity index is 1.23.